The first kappa shape index (κ1) is 22.1. The Morgan fingerprint density at radius 1 is 1.24 bits per heavy atom. The molecule has 0 heterocycles. The van der Waals surface area contributed by atoms with Gasteiger partial charge in [-0.1, -0.05) is 12.1 Å². The number of carbonyl (C=O) groups is 1. The average Bonchev–Trinajstić information content (AvgIpc) is 2.69. The highest BCUT2D eigenvalue weighted by atomic mass is 19.3. The van der Waals surface area contributed by atoms with Gasteiger partial charge >= 0.3 is 6.61 Å². The normalized spacial score (nSPS) is 11.8. The Balaban J connectivity index is 2.05. The van der Waals surface area contributed by atoms with Gasteiger partial charge in [-0.3, -0.25) is 9.69 Å². The minimum absolute atomic E-state index is 0.0311. The summed E-state index contributed by atoms with van der Waals surface area (Å²) in [4.78, 5) is 14.3. The minimum atomic E-state index is -2.94. The highest BCUT2D eigenvalue weighted by Crippen LogP contribution is 2.30. The smallest absolute Gasteiger partial charge is 0.387 e. The van der Waals surface area contributed by atoms with Crippen LogP contribution in [0, 0.1) is 11.3 Å². The maximum atomic E-state index is 12.5. The van der Waals surface area contributed by atoms with Crippen LogP contribution in [-0.2, 0) is 11.3 Å². The first-order valence-electron chi connectivity index (χ1n) is 9.05. The Bertz CT molecular complexity index is 884. The van der Waals surface area contributed by atoms with Gasteiger partial charge in [0, 0.05) is 12.2 Å². The molecule has 1 unspecified atom stereocenters. The molecule has 8 heteroatoms. The van der Waals surface area contributed by atoms with E-state index >= 15 is 0 Å². The monoisotopic (exact) mass is 403 g/mol. The van der Waals surface area contributed by atoms with Crippen LogP contribution in [0.3, 0.4) is 0 Å². The summed E-state index contributed by atoms with van der Waals surface area (Å²) in [6.45, 7) is 1.26. The standard InChI is InChI=1S/C21H23F2N3O3/c1-4-28-19-11-16(8-9-18(19)29-21(22)23)13-26(3)14(2)20(27)25-17-7-5-6-15(10-17)12-24/h5-11,14,21H,4,13H2,1-3H3,(H,25,27). The topological polar surface area (TPSA) is 74.6 Å². The molecule has 0 saturated carbocycles. The lowest BCUT2D eigenvalue weighted by molar-refractivity contribution is -0.120. The van der Waals surface area contributed by atoms with E-state index in [0.717, 1.165) is 5.56 Å². The van der Waals surface area contributed by atoms with Crippen molar-refractivity contribution in [3.8, 4) is 17.6 Å². The van der Waals surface area contributed by atoms with Crippen LogP contribution in [0.1, 0.15) is 25.0 Å². The molecule has 154 valence electrons. The molecule has 6 nitrogen and oxygen atoms in total. The lowest BCUT2D eigenvalue weighted by atomic mass is 10.1. The quantitative estimate of drug-likeness (QED) is 0.685. The summed E-state index contributed by atoms with van der Waals surface area (Å²) in [7, 11) is 1.78. The van der Waals surface area contributed by atoms with Crippen molar-refractivity contribution in [1.82, 2.24) is 4.90 Å². The van der Waals surface area contributed by atoms with Crippen molar-refractivity contribution in [2.75, 3.05) is 19.0 Å². The summed E-state index contributed by atoms with van der Waals surface area (Å²) in [5.41, 5.74) is 1.78. The third-order valence-corrected chi connectivity index (χ3v) is 4.26. The van der Waals surface area contributed by atoms with Crippen LogP contribution in [-0.4, -0.2) is 37.1 Å². The van der Waals surface area contributed by atoms with Crippen molar-refractivity contribution >= 4 is 11.6 Å². The van der Waals surface area contributed by atoms with Gasteiger partial charge in [0.1, 0.15) is 0 Å². The van der Waals surface area contributed by atoms with Gasteiger partial charge in [0.25, 0.3) is 0 Å². The number of rotatable bonds is 9. The van der Waals surface area contributed by atoms with Crippen molar-refractivity contribution in [2.24, 2.45) is 0 Å². The molecule has 0 aromatic heterocycles. The van der Waals surface area contributed by atoms with E-state index in [2.05, 4.69) is 10.1 Å². The number of alkyl halides is 2. The van der Waals surface area contributed by atoms with E-state index in [4.69, 9.17) is 10.00 Å². The molecule has 0 radical (unpaired) electrons. The molecule has 2 aromatic rings. The Morgan fingerprint density at radius 2 is 2.00 bits per heavy atom. The zero-order valence-electron chi connectivity index (χ0n) is 16.5. The molecular weight excluding hydrogens is 380 g/mol. The molecule has 0 spiro atoms. The number of ether oxygens (including phenoxy) is 2. The number of hydrogen-bond donors (Lipinski definition) is 1. The lowest BCUT2D eigenvalue weighted by Gasteiger charge is -2.24. The highest BCUT2D eigenvalue weighted by molar-refractivity contribution is 5.94. The zero-order chi connectivity index (χ0) is 21.4. The molecule has 0 aliphatic heterocycles. The first-order chi connectivity index (χ1) is 13.8. The zero-order valence-corrected chi connectivity index (χ0v) is 16.5. The number of carbonyl (C=O) groups excluding carboxylic acids is 1. The van der Waals surface area contributed by atoms with Gasteiger partial charge in [0.15, 0.2) is 11.5 Å². The predicted molar refractivity (Wildman–Crippen MR) is 105 cm³/mol. The van der Waals surface area contributed by atoms with Crippen LogP contribution in [0.2, 0.25) is 0 Å². The molecular formula is C21H23F2N3O3. The number of hydrogen-bond acceptors (Lipinski definition) is 5. The fourth-order valence-electron chi connectivity index (χ4n) is 2.65. The van der Waals surface area contributed by atoms with E-state index in [1.165, 1.54) is 6.07 Å². The van der Waals surface area contributed by atoms with E-state index in [0.29, 0.717) is 24.4 Å². The number of halogens is 2. The second-order valence-corrected chi connectivity index (χ2v) is 6.37. The van der Waals surface area contributed by atoms with Crippen LogP contribution in [0.4, 0.5) is 14.5 Å². The van der Waals surface area contributed by atoms with E-state index < -0.39 is 12.7 Å². The third kappa shape index (κ3) is 6.43. The van der Waals surface area contributed by atoms with Crippen LogP contribution >= 0.6 is 0 Å². The third-order valence-electron chi connectivity index (χ3n) is 4.26. The maximum Gasteiger partial charge on any atom is 0.387 e. The summed E-state index contributed by atoms with van der Waals surface area (Å²) in [6.07, 6.45) is 0. The Hall–Kier alpha value is -3.18. The second-order valence-electron chi connectivity index (χ2n) is 6.37. The number of anilines is 1. The number of nitrogens with one attached hydrogen (secondary N) is 1. The molecule has 2 aromatic carbocycles. The summed E-state index contributed by atoms with van der Waals surface area (Å²) in [5.74, 6) is -0.0363. The fraction of sp³-hybridized carbons (Fsp3) is 0.333. The second kappa shape index (κ2) is 10.4. The first-order valence-corrected chi connectivity index (χ1v) is 9.05. The summed E-state index contributed by atoms with van der Waals surface area (Å²) in [5, 5.41) is 11.7. The molecule has 1 atom stereocenters. The van der Waals surface area contributed by atoms with Crippen molar-refractivity contribution in [1.29, 1.82) is 5.26 Å². The molecule has 1 amide bonds. The molecule has 29 heavy (non-hydrogen) atoms. The van der Waals surface area contributed by atoms with Crippen LogP contribution in [0.15, 0.2) is 42.5 Å². The van der Waals surface area contributed by atoms with Crippen molar-refractivity contribution in [2.45, 2.75) is 33.0 Å². The van der Waals surface area contributed by atoms with E-state index in [-0.39, 0.29) is 17.4 Å². The van der Waals surface area contributed by atoms with Gasteiger partial charge in [-0.15, -0.1) is 0 Å². The lowest BCUT2D eigenvalue weighted by Crippen LogP contribution is -2.39. The molecule has 0 fully saturated rings. The largest absolute Gasteiger partial charge is 0.490 e. The maximum absolute atomic E-state index is 12.5. The summed E-state index contributed by atoms with van der Waals surface area (Å²) in [6, 6.07) is 12.9. The number of benzene rings is 2. The SMILES string of the molecule is CCOc1cc(CN(C)C(C)C(=O)Nc2cccc(C#N)c2)ccc1OC(F)F. The molecule has 0 aliphatic rings. The molecule has 0 saturated heterocycles. The minimum Gasteiger partial charge on any atom is -0.490 e. The molecule has 1 N–H and O–H groups in total. The van der Waals surface area contributed by atoms with Crippen molar-refractivity contribution in [3.63, 3.8) is 0 Å². The van der Waals surface area contributed by atoms with Crippen molar-refractivity contribution in [3.05, 3.63) is 53.6 Å². The predicted octanol–water partition coefficient (Wildman–Crippen LogP) is 4.02. The van der Waals surface area contributed by atoms with Crippen molar-refractivity contribution < 1.29 is 23.0 Å². The van der Waals surface area contributed by atoms with E-state index in [9.17, 15) is 13.6 Å². The van der Waals surface area contributed by atoms with Gasteiger partial charge < -0.3 is 14.8 Å². The number of likely N-dealkylation sites (N-methyl/N-ethyl adjacent to an activating group) is 1. The fourth-order valence-corrected chi connectivity index (χ4v) is 2.65. The van der Waals surface area contributed by atoms with E-state index in [1.807, 2.05) is 11.0 Å². The molecule has 0 bridgehead atoms. The molecule has 2 rings (SSSR count). The van der Waals surface area contributed by atoms with Crippen LogP contribution < -0.4 is 14.8 Å². The number of amides is 1. The van der Waals surface area contributed by atoms with Gasteiger partial charge in [-0.25, -0.2) is 0 Å². The highest BCUT2D eigenvalue weighted by Gasteiger charge is 2.19. The van der Waals surface area contributed by atoms with Gasteiger partial charge in [-0.2, -0.15) is 14.0 Å². The van der Waals surface area contributed by atoms with E-state index in [1.54, 1.807) is 57.3 Å². The van der Waals surface area contributed by atoms with Crippen LogP contribution in [0.5, 0.6) is 11.5 Å². The van der Waals surface area contributed by atoms with Gasteiger partial charge in [0.2, 0.25) is 5.91 Å². The average molecular weight is 403 g/mol. The van der Waals surface area contributed by atoms with Crippen LogP contribution in [0.25, 0.3) is 0 Å². The van der Waals surface area contributed by atoms with Gasteiger partial charge in [0.05, 0.1) is 24.3 Å². The molecule has 0 aliphatic carbocycles. The number of nitrogens with zero attached hydrogens (tertiary/aromatic N) is 2. The Labute approximate surface area is 168 Å². The number of nitriles is 1. The summed E-state index contributed by atoms with van der Waals surface area (Å²) < 4.78 is 34.9. The Kier molecular flexibility index (Phi) is 7.92. The Morgan fingerprint density at radius 3 is 2.66 bits per heavy atom. The summed E-state index contributed by atoms with van der Waals surface area (Å²) >= 11 is 0. The van der Waals surface area contributed by atoms with Gasteiger partial charge in [-0.05, 0) is 56.8 Å².